The first kappa shape index (κ1) is 15.2. The molecule has 0 fully saturated rings. The highest BCUT2D eigenvalue weighted by Crippen LogP contribution is 2.38. The topological polar surface area (TPSA) is 22.1 Å². The molecule has 2 nitrogen and oxygen atoms in total. The smallest absolute Gasteiger partial charge is 0.119 e. The van der Waals surface area contributed by atoms with Crippen molar-refractivity contribution in [3.05, 3.63) is 70.5 Å². The van der Waals surface area contributed by atoms with Crippen molar-refractivity contribution in [2.75, 3.05) is 7.11 Å². The summed E-state index contributed by atoms with van der Waals surface area (Å²) in [5.74, 6) is 0.766. The Morgan fingerprint density at radius 1 is 1.00 bits per heavy atom. The predicted molar refractivity (Wildman–Crippen MR) is 102 cm³/mol. The summed E-state index contributed by atoms with van der Waals surface area (Å²) >= 11 is 8.12. The third kappa shape index (κ3) is 2.56. The number of ether oxygens (including phenoxy) is 1. The standard InChI is InChI=1S/C20H14ClNOS/c1-23-14-6-7-19(21)17(10-14)20-16-5-3-2-4-15(16)18(11-22-20)13-8-9-24-12-13/h2-12H,1H3. The van der Waals surface area contributed by atoms with Gasteiger partial charge in [0.05, 0.1) is 17.8 Å². The van der Waals surface area contributed by atoms with E-state index in [1.165, 1.54) is 10.9 Å². The molecule has 118 valence electrons. The van der Waals surface area contributed by atoms with Crippen LogP contribution < -0.4 is 4.74 Å². The number of aromatic nitrogens is 1. The average Bonchev–Trinajstić information content (AvgIpc) is 3.16. The minimum atomic E-state index is 0.664. The third-order valence-electron chi connectivity index (χ3n) is 4.06. The molecule has 0 aliphatic carbocycles. The molecule has 0 atom stereocenters. The van der Waals surface area contributed by atoms with Gasteiger partial charge in [-0.25, -0.2) is 0 Å². The summed E-state index contributed by atoms with van der Waals surface area (Å²) in [4.78, 5) is 4.73. The predicted octanol–water partition coefficient (Wildman–Crippen LogP) is 6.29. The van der Waals surface area contributed by atoms with Gasteiger partial charge in [0.25, 0.3) is 0 Å². The maximum atomic E-state index is 6.43. The first-order valence-electron chi connectivity index (χ1n) is 7.52. The highest BCUT2D eigenvalue weighted by molar-refractivity contribution is 7.08. The number of hydrogen-bond acceptors (Lipinski definition) is 3. The number of halogens is 1. The molecule has 0 N–H and O–H groups in total. The Bertz CT molecular complexity index is 1010. The van der Waals surface area contributed by atoms with Gasteiger partial charge in [0.2, 0.25) is 0 Å². The van der Waals surface area contributed by atoms with E-state index in [4.69, 9.17) is 21.3 Å². The van der Waals surface area contributed by atoms with Crippen LogP contribution in [0.4, 0.5) is 0 Å². The Morgan fingerprint density at radius 3 is 2.58 bits per heavy atom. The van der Waals surface area contributed by atoms with E-state index >= 15 is 0 Å². The van der Waals surface area contributed by atoms with Gasteiger partial charge in [0.15, 0.2) is 0 Å². The Labute approximate surface area is 149 Å². The van der Waals surface area contributed by atoms with Crippen molar-refractivity contribution < 1.29 is 4.74 Å². The summed E-state index contributed by atoms with van der Waals surface area (Å²) in [6.45, 7) is 0. The van der Waals surface area contributed by atoms with Crippen LogP contribution in [-0.4, -0.2) is 12.1 Å². The first-order valence-corrected chi connectivity index (χ1v) is 8.84. The molecule has 0 saturated heterocycles. The normalized spacial score (nSPS) is 10.9. The number of pyridine rings is 1. The molecule has 2 aromatic heterocycles. The molecule has 2 aromatic carbocycles. The Morgan fingerprint density at radius 2 is 1.83 bits per heavy atom. The molecule has 0 spiro atoms. The summed E-state index contributed by atoms with van der Waals surface area (Å²) in [6, 6.07) is 16.0. The number of nitrogens with zero attached hydrogens (tertiary/aromatic N) is 1. The van der Waals surface area contributed by atoms with E-state index in [1.54, 1.807) is 18.4 Å². The maximum absolute atomic E-state index is 6.43. The van der Waals surface area contributed by atoms with Crippen LogP contribution in [0.3, 0.4) is 0 Å². The maximum Gasteiger partial charge on any atom is 0.119 e. The number of hydrogen-bond donors (Lipinski definition) is 0. The summed E-state index contributed by atoms with van der Waals surface area (Å²) in [7, 11) is 1.65. The summed E-state index contributed by atoms with van der Waals surface area (Å²) in [5, 5.41) is 7.13. The number of methoxy groups -OCH3 is 1. The fourth-order valence-electron chi connectivity index (χ4n) is 2.87. The molecule has 0 aliphatic heterocycles. The van der Waals surface area contributed by atoms with Gasteiger partial charge in [-0.1, -0.05) is 35.9 Å². The second kappa shape index (κ2) is 6.27. The van der Waals surface area contributed by atoms with Gasteiger partial charge in [0.1, 0.15) is 5.75 Å². The second-order valence-electron chi connectivity index (χ2n) is 5.42. The highest BCUT2D eigenvalue weighted by Gasteiger charge is 2.14. The SMILES string of the molecule is COc1ccc(Cl)c(-c2ncc(-c3ccsc3)c3ccccc23)c1. The number of benzene rings is 2. The lowest BCUT2D eigenvalue weighted by atomic mass is 9.98. The van der Waals surface area contributed by atoms with Gasteiger partial charge in [-0.3, -0.25) is 4.98 Å². The zero-order chi connectivity index (χ0) is 16.5. The molecule has 0 bridgehead atoms. The lowest BCUT2D eigenvalue weighted by molar-refractivity contribution is 0.415. The molecule has 4 rings (SSSR count). The summed E-state index contributed by atoms with van der Waals surface area (Å²) < 4.78 is 5.34. The minimum absolute atomic E-state index is 0.664. The Kier molecular flexibility index (Phi) is 3.97. The van der Waals surface area contributed by atoms with Gasteiger partial charge in [-0.15, -0.1) is 0 Å². The van der Waals surface area contributed by atoms with Crippen LogP contribution in [-0.2, 0) is 0 Å². The van der Waals surface area contributed by atoms with Crippen molar-refractivity contribution in [2.45, 2.75) is 0 Å². The number of thiophene rings is 1. The quantitative estimate of drug-likeness (QED) is 0.432. The zero-order valence-corrected chi connectivity index (χ0v) is 14.6. The molecule has 4 aromatic rings. The fraction of sp³-hybridized carbons (Fsp3) is 0.0500. The molecule has 0 aliphatic rings. The van der Waals surface area contributed by atoms with Crippen LogP contribution in [0.2, 0.25) is 5.02 Å². The fourth-order valence-corrected chi connectivity index (χ4v) is 3.73. The van der Waals surface area contributed by atoms with Gasteiger partial charge in [0, 0.05) is 22.7 Å². The van der Waals surface area contributed by atoms with Crippen LogP contribution in [0.25, 0.3) is 33.2 Å². The number of fused-ring (bicyclic) bond motifs is 1. The lowest BCUT2D eigenvalue weighted by Crippen LogP contribution is -1.91. The molecular weight excluding hydrogens is 338 g/mol. The van der Waals surface area contributed by atoms with E-state index in [-0.39, 0.29) is 0 Å². The van der Waals surface area contributed by atoms with E-state index in [0.717, 1.165) is 28.0 Å². The molecule has 0 radical (unpaired) electrons. The van der Waals surface area contributed by atoms with Crippen molar-refractivity contribution in [1.29, 1.82) is 0 Å². The van der Waals surface area contributed by atoms with Gasteiger partial charge >= 0.3 is 0 Å². The Hall–Kier alpha value is -2.36. The molecule has 0 saturated carbocycles. The highest BCUT2D eigenvalue weighted by atomic mass is 35.5. The van der Waals surface area contributed by atoms with E-state index < -0.39 is 0 Å². The average molecular weight is 352 g/mol. The molecule has 2 heterocycles. The summed E-state index contributed by atoms with van der Waals surface area (Å²) in [6.07, 6.45) is 1.93. The first-order chi connectivity index (χ1) is 11.8. The van der Waals surface area contributed by atoms with Crippen molar-refractivity contribution in [3.63, 3.8) is 0 Å². The lowest BCUT2D eigenvalue weighted by Gasteiger charge is -2.12. The van der Waals surface area contributed by atoms with Crippen molar-refractivity contribution >= 4 is 33.7 Å². The third-order valence-corrected chi connectivity index (χ3v) is 5.07. The molecule has 24 heavy (non-hydrogen) atoms. The van der Waals surface area contributed by atoms with Crippen LogP contribution in [0.15, 0.2) is 65.5 Å². The van der Waals surface area contributed by atoms with Gasteiger partial charge in [-0.05, 0) is 46.0 Å². The van der Waals surface area contributed by atoms with Crippen LogP contribution in [0, 0.1) is 0 Å². The van der Waals surface area contributed by atoms with Gasteiger partial charge in [-0.2, -0.15) is 11.3 Å². The second-order valence-corrected chi connectivity index (χ2v) is 6.61. The summed E-state index contributed by atoms with van der Waals surface area (Å²) in [5.41, 5.74) is 4.07. The molecular formula is C20H14ClNOS. The van der Waals surface area contributed by atoms with Crippen molar-refractivity contribution in [1.82, 2.24) is 4.98 Å². The number of rotatable bonds is 3. The molecule has 4 heteroatoms. The van der Waals surface area contributed by atoms with Crippen molar-refractivity contribution in [3.8, 4) is 28.1 Å². The van der Waals surface area contributed by atoms with Crippen LogP contribution >= 0.6 is 22.9 Å². The van der Waals surface area contributed by atoms with Crippen LogP contribution in [0.5, 0.6) is 5.75 Å². The largest absolute Gasteiger partial charge is 0.497 e. The molecule has 0 unspecified atom stereocenters. The minimum Gasteiger partial charge on any atom is -0.497 e. The Balaban J connectivity index is 2.00. The van der Waals surface area contributed by atoms with E-state index in [0.29, 0.717) is 5.02 Å². The monoisotopic (exact) mass is 351 g/mol. The van der Waals surface area contributed by atoms with Gasteiger partial charge < -0.3 is 4.74 Å². The molecule has 0 amide bonds. The van der Waals surface area contributed by atoms with Crippen molar-refractivity contribution in [2.24, 2.45) is 0 Å². The van der Waals surface area contributed by atoms with E-state index in [2.05, 4.69) is 35.0 Å². The van der Waals surface area contributed by atoms with Crippen LogP contribution in [0.1, 0.15) is 0 Å². The zero-order valence-electron chi connectivity index (χ0n) is 13.0. The van der Waals surface area contributed by atoms with E-state index in [1.807, 2.05) is 30.5 Å². The van der Waals surface area contributed by atoms with E-state index in [9.17, 15) is 0 Å².